The second kappa shape index (κ2) is 9.27. The Bertz CT molecular complexity index is 706. The van der Waals surface area contributed by atoms with Gasteiger partial charge in [-0.3, -0.25) is 4.79 Å². The predicted octanol–water partition coefficient (Wildman–Crippen LogP) is 4.07. The molecule has 4 nitrogen and oxygen atoms in total. The van der Waals surface area contributed by atoms with Crippen molar-refractivity contribution in [3.63, 3.8) is 0 Å². The maximum absolute atomic E-state index is 12.0. The number of carbonyl (C=O) groups is 1. The minimum absolute atomic E-state index is 0.0713. The smallest absolute Gasteiger partial charge is 0.220 e. The summed E-state index contributed by atoms with van der Waals surface area (Å²) in [6.45, 7) is 5.47. The third-order valence-corrected chi connectivity index (χ3v) is 4.80. The van der Waals surface area contributed by atoms with Gasteiger partial charge < -0.3 is 15.0 Å². The van der Waals surface area contributed by atoms with Crippen LogP contribution in [0, 0.1) is 6.92 Å². The molecule has 0 aliphatic carbocycles. The van der Waals surface area contributed by atoms with E-state index in [1.165, 1.54) is 18.5 Å². The molecule has 2 aromatic rings. The molecule has 1 aliphatic rings. The molecule has 1 N–H and O–H groups in total. The molecule has 138 valence electrons. The molecule has 0 bridgehead atoms. The zero-order chi connectivity index (χ0) is 18.2. The van der Waals surface area contributed by atoms with Crippen molar-refractivity contribution in [3.8, 4) is 5.75 Å². The van der Waals surface area contributed by atoms with Gasteiger partial charge in [-0.15, -0.1) is 0 Å². The highest BCUT2D eigenvalue weighted by Gasteiger charge is 2.11. The molecule has 1 heterocycles. The molecule has 26 heavy (non-hydrogen) atoms. The number of amides is 1. The van der Waals surface area contributed by atoms with Crippen LogP contribution in [-0.2, 0) is 11.3 Å². The van der Waals surface area contributed by atoms with Crippen molar-refractivity contribution in [2.75, 3.05) is 24.6 Å². The Kier molecular flexibility index (Phi) is 6.53. The van der Waals surface area contributed by atoms with Gasteiger partial charge in [0.15, 0.2) is 0 Å². The number of rotatable bonds is 8. The third kappa shape index (κ3) is 5.25. The molecule has 1 amide bonds. The molecular formula is C22H28N2O2. The minimum atomic E-state index is 0.0713. The van der Waals surface area contributed by atoms with Crippen molar-refractivity contribution in [2.45, 2.75) is 39.2 Å². The molecule has 0 spiro atoms. The van der Waals surface area contributed by atoms with Gasteiger partial charge in [-0.1, -0.05) is 30.3 Å². The van der Waals surface area contributed by atoms with E-state index in [9.17, 15) is 4.79 Å². The SMILES string of the molecule is Cc1ccccc1OCCCC(=O)NCc1ccc(N2CCCC2)cc1. The third-order valence-electron chi connectivity index (χ3n) is 4.80. The van der Waals surface area contributed by atoms with Crippen molar-refractivity contribution in [1.29, 1.82) is 0 Å². The van der Waals surface area contributed by atoms with Gasteiger partial charge in [0.1, 0.15) is 5.75 Å². The topological polar surface area (TPSA) is 41.6 Å². The normalized spacial score (nSPS) is 13.7. The first-order valence-corrected chi connectivity index (χ1v) is 9.51. The molecule has 0 radical (unpaired) electrons. The number of aryl methyl sites for hydroxylation is 1. The fourth-order valence-corrected chi connectivity index (χ4v) is 3.22. The zero-order valence-electron chi connectivity index (χ0n) is 15.5. The Morgan fingerprint density at radius 1 is 1.08 bits per heavy atom. The lowest BCUT2D eigenvalue weighted by molar-refractivity contribution is -0.121. The van der Waals surface area contributed by atoms with Gasteiger partial charge in [-0.25, -0.2) is 0 Å². The largest absolute Gasteiger partial charge is 0.493 e. The van der Waals surface area contributed by atoms with Crippen molar-refractivity contribution in [1.82, 2.24) is 5.32 Å². The van der Waals surface area contributed by atoms with E-state index in [4.69, 9.17) is 4.74 Å². The number of ether oxygens (including phenoxy) is 1. The second-order valence-corrected chi connectivity index (χ2v) is 6.85. The highest BCUT2D eigenvalue weighted by molar-refractivity contribution is 5.75. The molecule has 3 rings (SSSR count). The van der Waals surface area contributed by atoms with Gasteiger partial charge in [0.25, 0.3) is 0 Å². The van der Waals surface area contributed by atoms with E-state index in [2.05, 4.69) is 34.5 Å². The first kappa shape index (κ1) is 18.3. The number of carbonyl (C=O) groups excluding carboxylic acids is 1. The number of para-hydroxylation sites is 1. The number of anilines is 1. The number of nitrogens with zero attached hydrogens (tertiary/aromatic N) is 1. The lowest BCUT2D eigenvalue weighted by Crippen LogP contribution is -2.23. The minimum Gasteiger partial charge on any atom is -0.493 e. The molecular weight excluding hydrogens is 324 g/mol. The lowest BCUT2D eigenvalue weighted by atomic mass is 10.2. The number of benzene rings is 2. The van der Waals surface area contributed by atoms with E-state index < -0.39 is 0 Å². The van der Waals surface area contributed by atoms with Gasteiger partial charge in [0.05, 0.1) is 6.61 Å². The van der Waals surface area contributed by atoms with E-state index in [0.717, 1.165) is 30.0 Å². The Morgan fingerprint density at radius 3 is 2.54 bits per heavy atom. The van der Waals surface area contributed by atoms with Gasteiger partial charge in [-0.05, 0) is 55.5 Å². The first-order chi connectivity index (χ1) is 12.7. The molecule has 1 saturated heterocycles. The van der Waals surface area contributed by atoms with Gasteiger partial charge in [-0.2, -0.15) is 0 Å². The summed E-state index contributed by atoms with van der Waals surface area (Å²) in [5.74, 6) is 0.966. The number of nitrogens with one attached hydrogen (secondary N) is 1. The Labute approximate surface area is 156 Å². The standard InChI is InChI=1S/C22H28N2O2/c1-18-7-2-3-8-21(18)26-16-6-9-22(25)23-17-19-10-12-20(13-11-19)24-14-4-5-15-24/h2-3,7-8,10-13H,4-6,9,14-17H2,1H3,(H,23,25). The van der Waals surface area contributed by atoms with Crippen LogP contribution in [0.15, 0.2) is 48.5 Å². The van der Waals surface area contributed by atoms with Crippen LogP contribution in [0.2, 0.25) is 0 Å². The van der Waals surface area contributed by atoms with Crippen LogP contribution < -0.4 is 15.0 Å². The monoisotopic (exact) mass is 352 g/mol. The Morgan fingerprint density at radius 2 is 1.81 bits per heavy atom. The van der Waals surface area contributed by atoms with Crippen LogP contribution in [0.3, 0.4) is 0 Å². The molecule has 0 unspecified atom stereocenters. The molecule has 1 aliphatic heterocycles. The highest BCUT2D eigenvalue weighted by atomic mass is 16.5. The van der Waals surface area contributed by atoms with Crippen LogP contribution >= 0.6 is 0 Å². The highest BCUT2D eigenvalue weighted by Crippen LogP contribution is 2.20. The summed E-state index contributed by atoms with van der Waals surface area (Å²) in [6.07, 6.45) is 3.77. The van der Waals surface area contributed by atoms with E-state index in [1.807, 2.05) is 31.2 Å². The molecule has 0 saturated carbocycles. The maximum Gasteiger partial charge on any atom is 0.220 e. The fourth-order valence-electron chi connectivity index (χ4n) is 3.22. The molecule has 4 heteroatoms. The van der Waals surface area contributed by atoms with E-state index in [1.54, 1.807) is 0 Å². The van der Waals surface area contributed by atoms with Crippen LogP contribution in [0.1, 0.15) is 36.8 Å². The van der Waals surface area contributed by atoms with E-state index in [-0.39, 0.29) is 5.91 Å². The van der Waals surface area contributed by atoms with E-state index >= 15 is 0 Å². The summed E-state index contributed by atoms with van der Waals surface area (Å²) in [6, 6.07) is 16.5. The summed E-state index contributed by atoms with van der Waals surface area (Å²) in [7, 11) is 0. The Balaban J connectivity index is 1.34. The number of hydrogen-bond donors (Lipinski definition) is 1. The molecule has 2 aromatic carbocycles. The summed E-state index contributed by atoms with van der Waals surface area (Å²) < 4.78 is 5.73. The quantitative estimate of drug-likeness (QED) is 0.728. The number of hydrogen-bond acceptors (Lipinski definition) is 3. The van der Waals surface area contributed by atoms with Crippen molar-refractivity contribution in [2.24, 2.45) is 0 Å². The summed E-state index contributed by atoms with van der Waals surface area (Å²) in [4.78, 5) is 14.4. The van der Waals surface area contributed by atoms with Crippen molar-refractivity contribution in [3.05, 3.63) is 59.7 Å². The molecule has 1 fully saturated rings. The summed E-state index contributed by atoms with van der Waals surface area (Å²) in [5, 5.41) is 2.99. The maximum atomic E-state index is 12.0. The Hall–Kier alpha value is -2.49. The van der Waals surface area contributed by atoms with E-state index in [0.29, 0.717) is 26.0 Å². The van der Waals surface area contributed by atoms with Crippen LogP contribution in [0.25, 0.3) is 0 Å². The van der Waals surface area contributed by atoms with Crippen LogP contribution in [0.4, 0.5) is 5.69 Å². The summed E-state index contributed by atoms with van der Waals surface area (Å²) in [5.41, 5.74) is 3.54. The predicted molar refractivity (Wildman–Crippen MR) is 106 cm³/mol. The average molecular weight is 352 g/mol. The van der Waals surface area contributed by atoms with Gasteiger partial charge in [0.2, 0.25) is 5.91 Å². The van der Waals surface area contributed by atoms with Crippen LogP contribution in [-0.4, -0.2) is 25.6 Å². The second-order valence-electron chi connectivity index (χ2n) is 6.85. The van der Waals surface area contributed by atoms with Crippen LogP contribution in [0.5, 0.6) is 5.75 Å². The van der Waals surface area contributed by atoms with Crippen molar-refractivity contribution >= 4 is 11.6 Å². The molecule has 0 aromatic heterocycles. The average Bonchev–Trinajstić information content (AvgIpc) is 3.20. The van der Waals surface area contributed by atoms with Gasteiger partial charge >= 0.3 is 0 Å². The first-order valence-electron chi connectivity index (χ1n) is 9.51. The van der Waals surface area contributed by atoms with Crippen molar-refractivity contribution < 1.29 is 9.53 Å². The fraction of sp³-hybridized carbons (Fsp3) is 0.409. The summed E-state index contributed by atoms with van der Waals surface area (Å²) >= 11 is 0. The lowest BCUT2D eigenvalue weighted by Gasteiger charge is -2.17. The molecule has 0 atom stereocenters. The van der Waals surface area contributed by atoms with Gasteiger partial charge in [0, 0.05) is 31.7 Å². The zero-order valence-corrected chi connectivity index (χ0v) is 15.5.